The van der Waals surface area contributed by atoms with E-state index in [0.717, 1.165) is 31.2 Å². The number of benzene rings is 3. The molecule has 1 saturated carbocycles. The van der Waals surface area contributed by atoms with Crippen molar-refractivity contribution in [2.45, 2.75) is 57.2 Å². The molecular weight excluding hydrogens is 463 g/mol. The molecule has 0 bridgehead atoms. The van der Waals surface area contributed by atoms with E-state index in [1.807, 2.05) is 36.4 Å². The van der Waals surface area contributed by atoms with Gasteiger partial charge >= 0.3 is 0 Å². The van der Waals surface area contributed by atoms with Crippen molar-refractivity contribution in [2.24, 2.45) is 0 Å². The van der Waals surface area contributed by atoms with Gasteiger partial charge in [-0.3, -0.25) is 9.59 Å². The monoisotopic (exact) mass is 492 g/mol. The summed E-state index contributed by atoms with van der Waals surface area (Å²) in [5, 5.41) is 3.65. The van der Waals surface area contributed by atoms with E-state index in [-0.39, 0.29) is 30.8 Å². The van der Waals surface area contributed by atoms with E-state index in [0.29, 0.717) is 22.6 Å². The minimum Gasteiger partial charge on any atom is -0.352 e. The van der Waals surface area contributed by atoms with E-state index in [9.17, 15) is 14.0 Å². The first-order valence-electron chi connectivity index (χ1n) is 12.1. The summed E-state index contributed by atoms with van der Waals surface area (Å²) in [7, 11) is 0. The van der Waals surface area contributed by atoms with Crippen LogP contribution in [-0.4, -0.2) is 28.8 Å². The summed E-state index contributed by atoms with van der Waals surface area (Å²) in [5.41, 5.74) is 1.97. The normalized spacial score (nSPS) is 14.5. The summed E-state index contributed by atoms with van der Waals surface area (Å²) < 4.78 is 14.7. The average Bonchev–Trinajstić information content (AvgIpc) is 3.37. The maximum atomic E-state index is 14.7. The van der Waals surface area contributed by atoms with Gasteiger partial charge in [0.15, 0.2) is 0 Å². The van der Waals surface area contributed by atoms with Gasteiger partial charge in [0.1, 0.15) is 11.9 Å². The third-order valence-electron chi connectivity index (χ3n) is 6.57. The van der Waals surface area contributed by atoms with Crippen LogP contribution in [0.5, 0.6) is 0 Å². The molecule has 4 nitrogen and oxygen atoms in total. The van der Waals surface area contributed by atoms with Gasteiger partial charge < -0.3 is 10.2 Å². The van der Waals surface area contributed by atoms with E-state index in [1.165, 1.54) is 11.0 Å². The summed E-state index contributed by atoms with van der Waals surface area (Å²) in [6.07, 6.45) is 4.39. The standard InChI is InChI=1S/C29H30ClFN2O2/c30-25-16-8-4-12-22(25)19-28(34)33(20-23-13-5-9-17-26(23)31)27(18-21-10-2-1-3-11-21)29(35)32-24-14-6-7-15-24/h1-5,8-13,16-17,24,27H,6-7,14-15,18-20H2,(H,32,35)/t27-/m0/s1. The number of hydrogen-bond acceptors (Lipinski definition) is 2. The maximum Gasteiger partial charge on any atom is 0.243 e. The fourth-order valence-corrected chi connectivity index (χ4v) is 4.84. The molecule has 0 saturated heterocycles. The molecule has 2 amide bonds. The first kappa shape index (κ1) is 24.9. The average molecular weight is 493 g/mol. The number of carbonyl (C=O) groups is 2. The molecule has 1 fully saturated rings. The molecule has 3 aromatic rings. The highest BCUT2D eigenvalue weighted by atomic mass is 35.5. The number of nitrogens with zero attached hydrogens (tertiary/aromatic N) is 1. The van der Waals surface area contributed by atoms with Crippen LogP contribution in [0.25, 0.3) is 0 Å². The zero-order chi connectivity index (χ0) is 24.6. The van der Waals surface area contributed by atoms with Crippen molar-refractivity contribution < 1.29 is 14.0 Å². The van der Waals surface area contributed by atoms with Gasteiger partial charge in [0.05, 0.1) is 6.42 Å². The van der Waals surface area contributed by atoms with Gasteiger partial charge in [-0.2, -0.15) is 0 Å². The molecule has 0 aromatic heterocycles. The molecule has 1 aliphatic carbocycles. The first-order chi connectivity index (χ1) is 17.0. The van der Waals surface area contributed by atoms with E-state index >= 15 is 0 Å². The molecule has 182 valence electrons. The van der Waals surface area contributed by atoms with Gasteiger partial charge in [0, 0.05) is 29.6 Å². The molecular formula is C29H30ClFN2O2. The van der Waals surface area contributed by atoms with Gasteiger partial charge in [0.2, 0.25) is 11.8 Å². The van der Waals surface area contributed by atoms with Crippen molar-refractivity contribution >= 4 is 23.4 Å². The second-order valence-corrected chi connectivity index (χ2v) is 9.48. The minimum atomic E-state index is -0.785. The second kappa shape index (κ2) is 12.0. The Morgan fingerprint density at radius 2 is 1.54 bits per heavy atom. The Hall–Kier alpha value is -3.18. The highest BCUT2D eigenvalue weighted by Crippen LogP contribution is 2.22. The van der Waals surface area contributed by atoms with E-state index in [1.54, 1.807) is 36.4 Å². The summed E-state index contributed by atoms with van der Waals surface area (Å²) in [6, 6.07) is 22.5. The predicted molar refractivity (Wildman–Crippen MR) is 136 cm³/mol. The van der Waals surface area contributed by atoms with Crippen LogP contribution in [0.1, 0.15) is 42.4 Å². The Bertz CT molecular complexity index is 1150. The number of nitrogens with one attached hydrogen (secondary N) is 1. The Morgan fingerprint density at radius 3 is 2.23 bits per heavy atom. The molecule has 35 heavy (non-hydrogen) atoms. The number of carbonyl (C=O) groups excluding carboxylic acids is 2. The van der Waals surface area contributed by atoms with Crippen LogP contribution in [0.15, 0.2) is 78.9 Å². The Labute approximate surface area is 211 Å². The predicted octanol–water partition coefficient (Wildman–Crippen LogP) is 5.72. The van der Waals surface area contributed by atoms with E-state index in [4.69, 9.17) is 11.6 Å². The summed E-state index contributed by atoms with van der Waals surface area (Å²) in [5.74, 6) is -0.883. The van der Waals surface area contributed by atoms with Crippen LogP contribution in [0.3, 0.4) is 0 Å². The smallest absolute Gasteiger partial charge is 0.243 e. The van der Waals surface area contributed by atoms with E-state index < -0.39 is 11.9 Å². The largest absolute Gasteiger partial charge is 0.352 e. The van der Waals surface area contributed by atoms with Crippen molar-refractivity contribution in [2.75, 3.05) is 0 Å². The molecule has 1 aliphatic rings. The lowest BCUT2D eigenvalue weighted by Crippen LogP contribution is -2.52. The van der Waals surface area contributed by atoms with Crippen LogP contribution in [0, 0.1) is 5.82 Å². The molecule has 0 heterocycles. The van der Waals surface area contributed by atoms with Gasteiger partial charge in [-0.25, -0.2) is 4.39 Å². The molecule has 3 aromatic carbocycles. The lowest BCUT2D eigenvalue weighted by atomic mass is 10.0. The van der Waals surface area contributed by atoms with Crippen molar-refractivity contribution in [3.05, 3.63) is 106 Å². The lowest BCUT2D eigenvalue weighted by molar-refractivity contribution is -0.141. The molecule has 4 rings (SSSR count). The van der Waals surface area contributed by atoms with Gasteiger partial charge in [-0.05, 0) is 36.1 Å². The molecule has 0 aliphatic heterocycles. The first-order valence-corrected chi connectivity index (χ1v) is 12.5. The molecule has 6 heteroatoms. The Kier molecular flexibility index (Phi) is 8.54. The van der Waals surface area contributed by atoms with Crippen molar-refractivity contribution in [3.8, 4) is 0 Å². The van der Waals surface area contributed by atoms with E-state index in [2.05, 4.69) is 5.32 Å². The SMILES string of the molecule is O=C(NC1CCCC1)[C@H](Cc1ccccc1)N(Cc1ccccc1F)C(=O)Cc1ccccc1Cl. The molecule has 0 radical (unpaired) electrons. The lowest BCUT2D eigenvalue weighted by Gasteiger charge is -2.32. The van der Waals surface area contributed by atoms with Gasteiger partial charge in [0.25, 0.3) is 0 Å². The van der Waals surface area contributed by atoms with Crippen LogP contribution in [0.2, 0.25) is 5.02 Å². The van der Waals surface area contributed by atoms with Crippen molar-refractivity contribution in [1.82, 2.24) is 10.2 Å². The highest BCUT2D eigenvalue weighted by Gasteiger charge is 2.32. The Balaban J connectivity index is 1.68. The quantitative estimate of drug-likeness (QED) is 0.415. The number of rotatable bonds is 9. The van der Waals surface area contributed by atoms with Crippen molar-refractivity contribution in [1.29, 1.82) is 0 Å². The topological polar surface area (TPSA) is 49.4 Å². The third-order valence-corrected chi connectivity index (χ3v) is 6.94. The molecule has 0 unspecified atom stereocenters. The molecule has 1 N–H and O–H groups in total. The fraction of sp³-hybridized carbons (Fsp3) is 0.310. The minimum absolute atomic E-state index is 0.00839. The van der Waals surface area contributed by atoms with Crippen molar-refractivity contribution in [3.63, 3.8) is 0 Å². The van der Waals surface area contributed by atoms with Gasteiger partial charge in [-0.15, -0.1) is 0 Å². The number of hydrogen-bond donors (Lipinski definition) is 1. The summed E-state index contributed by atoms with van der Waals surface area (Å²) in [6.45, 7) is -0.00839. The second-order valence-electron chi connectivity index (χ2n) is 9.08. The van der Waals surface area contributed by atoms with Crippen LogP contribution in [0.4, 0.5) is 4.39 Å². The molecule has 0 spiro atoms. The number of amides is 2. The van der Waals surface area contributed by atoms with Crippen LogP contribution in [-0.2, 0) is 29.0 Å². The third kappa shape index (κ3) is 6.70. The number of halogens is 2. The van der Waals surface area contributed by atoms with Gasteiger partial charge in [-0.1, -0.05) is 91.2 Å². The van der Waals surface area contributed by atoms with Crippen LogP contribution < -0.4 is 5.32 Å². The zero-order valence-electron chi connectivity index (χ0n) is 19.6. The molecule has 1 atom stereocenters. The zero-order valence-corrected chi connectivity index (χ0v) is 20.4. The van der Waals surface area contributed by atoms with Crippen LogP contribution >= 0.6 is 11.6 Å². The maximum absolute atomic E-state index is 14.7. The summed E-state index contributed by atoms with van der Waals surface area (Å²) >= 11 is 6.33. The summed E-state index contributed by atoms with van der Waals surface area (Å²) in [4.78, 5) is 28.9. The fourth-order valence-electron chi connectivity index (χ4n) is 4.64. The highest BCUT2D eigenvalue weighted by molar-refractivity contribution is 6.31. The Morgan fingerprint density at radius 1 is 0.914 bits per heavy atom.